The van der Waals surface area contributed by atoms with E-state index >= 15 is 0 Å². The third-order valence-electron chi connectivity index (χ3n) is 11.5. The topological polar surface area (TPSA) is 204 Å². The van der Waals surface area contributed by atoms with Gasteiger partial charge in [-0.25, -0.2) is 4.98 Å². The van der Waals surface area contributed by atoms with Crippen molar-refractivity contribution < 1.29 is 53.1 Å². The van der Waals surface area contributed by atoms with Crippen LogP contribution in [0.1, 0.15) is 70.0 Å². The van der Waals surface area contributed by atoms with Gasteiger partial charge in [-0.1, -0.05) is 52.0 Å². The number of aliphatic hydroxyl groups is 2. The predicted molar refractivity (Wildman–Crippen MR) is 217 cm³/mol. The largest absolute Gasteiger partial charge is 0.505 e. The number of nitrogens with zero attached hydrogens (tertiary/aromatic N) is 1. The first kappa shape index (κ1) is 42.0. The number of carbonyl (C=O) groups excluding carboxylic acids is 3. The Bertz CT molecular complexity index is 2480. The number of methoxy groups -OCH3 is 1. The highest BCUT2D eigenvalue weighted by Crippen LogP contribution is 2.48. The molecule has 0 aliphatic carbocycles. The lowest BCUT2D eigenvalue weighted by atomic mass is 9.78. The number of hydrogen-bond acceptors (Lipinski definition) is 13. The van der Waals surface area contributed by atoms with Crippen molar-refractivity contribution in [3.63, 3.8) is 0 Å². The normalized spacial score (nSPS) is 30.4. The molecule has 2 aliphatic heterocycles. The van der Waals surface area contributed by atoms with Crippen LogP contribution >= 0.6 is 0 Å². The zero-order valence-corrected chi connectivity index (χ0v) is 34.2. The van der Waals surface area contributed by atoms with Gasteiger partial charge in [-0.05, 0) is 44.5 Å². The highest BCUT2D eigenvalue weighted by molar-refractivity contribution is 6.26. The number of rotatable bonds is 2. The molecule has 1 aromatic heterocycles. The molecule has 4 N–H and O–H groups in total. The van der Waals surface area contributed by atoms with Gasteiger partial charge >= 0.3 is 11.8 Å². The standard InChI is InChI=1S/C44H50N2O12/c1-19-14-15-27-29(18-19)57-41-33(45-27)30-31-37(50)25(7)40-32(30)42(52)44(9,58-40)55-17-16-28(54-10)22(4)39(56-26(8)47)24(6)36(49)23(5)35(48)20(2)12-11-13-21(3)43(53)46-34(41)38(31)51/h11-18,20,22-24,28,35-36,39,48-49,51H,1-10H3,(H,46,53)/b12-11+,17-16+,21-13-. The molecular weight excluding hydrogens is 748 g/mol. The van der Waals surface area contributed by atoms with E-state index in [-0.39, 0.29) is 50.0 Å². The molecule has 6 rings (SSSR count). The van der Waals surface area contributed by atoms with Gasteiger partial charge in [-0.3, -0.25) is 19.2 Å². The molecular formula is C44H50N2O12. The number of ketones is 1. The van der Waals surface area contributed by atoms with Crippen LogP contribution < -0.4 is 15.5 Å². The lowest BCUT2D eigenvalue weighted by Gasteiger charge is -2.38. The monoisotopic (exact) mass is 798 g/mol. The van der Waals surface area contributed by atoms with Crippen molar-refractivity contribution >= 4 is 56.3 Å². The number of carbonyl (C=O) groups is 3. The van der Waals surface area contributed by atoms with Gasteiger partial charge in [0.1, 0.15) is 28.6 Å². The van der Waals surface area contributed by atoms with Crippen molar-refractivity contribution in [2.45, 2.75) is 92.5 Å². The number of benzene rings is 3. The molecule has 9 atom stereocenters. The molecule has 3 heterocycles. The van der Waals surface area contributed by atoms with Crippen LogP contribution in [-0.4, -0.2) is 75.3 Å². The number of aliphatic hydroxyl groups excluding tert-OH is 2. The SMILES string of the molecule is COC1/C=C/OC2(C)Oc3c(C)c(=O)c4c(O)c(c5oc6cc(C)ccc6nc5c4c3C2=O)NC(=O)/C(C)=C\C=C\C(C)C(O)C(C)C(O)C(C)C(OC(C)=O)C1C. The number of phenols is 1. The van der Waals surface area contributed by atoms with Gasteiger partial charge in [-0.15, -0.1) is 0 Å². The van der Waals surface area contributed by atoms with Crippen molar-refractivity contribution in [2.24, 2.45) is 23.7 Å². The molecule has 0 saturated carbocycles. The minimum absolute atomic E-state index is 0.00450. The molecule has 9 unspecified atom stereocenters. The van der Waals surface area contributed by atoms with Crippen molar-refractivity contribution in [1.82, 2.24) is 4.98 Å². The Hall–Kier alpha value is -5.57. The second-order valence-electron chi connectivity index (χ2n) is 15.7. The van der Waals surface area contributed by atoms with Crippen LogP contribution in [0.5, 0.6) is 11.5 Å². The Labute approximate surface area is 335 Å². The van der Waals surface area contributed by atoms with Crippen molar-refractivity contribution in [3.8, 4) is 11.5 Å². The van der Waals surface area contributed by atoms with Crippen LogP contribution in [0, 0.1) is 37.5 Å². The average Bonchev–Trinajstić information content (AvgIpc) is 3.45. The van der Waals surface area contributed by atoms with E-state index in [0.29, 0.717) is 11.1 Å². The smallest absolute Gasteiger partial charge is 0.312 e. The summed E-state index contributed by atoms with van der Waals surface area (Å²) in [6.07, 6.45) is 3.67. The number of amides is 1. The zero-order chi connectivity index (χ0) is 42.5. The number of nitrogens with one attached hydrogen (secondary N) is 1. The summed E-state index contributed by atoms with van der Waals surface area (Å²) in [6, 6.07) is 5.26. The minimum Gasteiger partial charge on any atom is -0.505 e. The van der Waals surface area contributed by atoms with Gasteiger partial charge in [0, 0.05) is 61.2 Å². The number of aromatic nitrogens is 1. The highest BCUT2D eigenvalue weighted by atomic mass is 16.7. The van der Waals surface area contributed by atoms with Crippen LogP contribution in [0.25, 0.3) is 33.0 Å². The summed E-state index contributed by atoms with van der Waals surface area (Å²) in [5.74, 6) is -7.10. The highest BCUT2D eigenvalue weighted by Gasteiger charge is 2.49. The van der Waals surface area contributed by atoms with Gasteiger partial charge in [0.05, 0.1) is 35.5 Å². The molecule has 58 heavy (non-hydrogen) atoms. The fraction of sp³-hybridized carbons (Fsp3) is 0.432. The van der Waals surface area contributed by atoms with E-state index < -0.39 is 82.7 Å². The van der Waals surface area contributed by atoms with Crippen molar-refractivity contribution in [3.05, 3.63) is 81.3 Å². The first-order chi connectivity index (χ1) is 27.3. The lowest BCUT2D eigenvalue weighted by Crippen LogP contribution is -2.46. The molecule has 14 heteroatoms. The van der Waals surface area contributed by atoms with Crippen LogP contribution in [0.2, 0.25) is 0 Å². The zero-order valence-electron chi connectivity index (χ0n) is 34.2. The number of Topliss-reactive ketones (excluding diaryl/α,β-unsaturated/α-hetero) is 1. The minimum atomic E-state index is -2.02. The first-order valence-electron chi connectivity index (χ1n) is 19.2. The molecule has 14 nitrogen and oxygen atoms in total. The van der Waals surface area contributed by atoms with E-state index in [1.54, 1.807) is 52.0 Å². The number of allylic oxidation sites excluding steroid dienone is 2. The first-order valence-corrected chi connectivity index (χ1v) is 19.2. The predicted octanol–water partition coefficient (Wildman–Crippen LogP) is 6.31. The van der Waals surface area contributed by atoms with Gasteiger partial charge in [0.25, 0.3) is 11.7 Å². The second kappa shape index (κ2) is 16.0. The number of aryl methyl sites for hydroxylation is 1. The average molecular weight is 799 g/mol. The van der Waals surface area contributed by atoms with E-state index in [1.807, 2.05) is 13.0 Å². The fourth-order valence-corrected chi connectivity index (χ4v) is 7.91. The van der Waals surface area contributed by atoms with Crippen molar-refractivity contribution in [2.75, 3.05) is 12.4 Å². The number of phenolic OH excluding ortho intramolecular Hbond substituents is 1. The van der Waals surface area contributed by atoms with Crippen LogP contribution in [0.4, 0.5) is 5.69 Å². The lowest BCUT2D eigenvalue weighted by molar-refractivity contribution is -0.160. The number of hydrogen-bond donors (Lipinski definition) is 4. The van der Waals surface area contributed by atoms with E-state index in [0.717, 1.165) is 5.56 Å². The summed E-state index contributed by atoms with van der Waals surface area (Å²) in [6.45, 7) is 14.4. The van der Waals surface area contributed by atoms with E-state index in [2.05, 4.69) is 5.32 Å². The van der Waals surface area contributed by atoms with Gasteiger partial charge in [0.2, 0.25) is 0 Å². The molecule has 4 bridgehead atoms. The third kappa shape index (κ3) is 7.36. The van der Waals surface area contributed by atoms with E-state index in [9.17, 15) is 34.5 Å². The molecule has 4 aromatic rings. The number of anilines is 1. The molecule has 0 radical (unpaired) electrons. The van der Waals surface area contributed by atoms with Gasteiger partial charge < -0.3 is 44.0 Å². The van der Waals surface area contributed by atoms with Crippen LogP contribution in [0.3, 0.4) is 0 Å². The van der Waals surface area contributed by atoms with Gasteiger partial charge in [0.15, 0.2) is 22.3 Å². The third-order valence-corrected chi connectivity index (χ3v) is 11.5. The number of aromatic hydroxyl groups is 1. The maximum Gasteiger partial charge on any atom is 0.312 e. The molecule has 0 saturated heterocycles. The van der Waals surface area contributed by atoms with E-state index in [1.165, 1.54) is 53.2 Å². The molecule has 3 aromatic carbocycles. The Morgan fingerprint density at radius 1 is 0.966 bits per heavy atom. The van der Waals surface area contributed by atoms with Gasteiger partial charge in [-0.2, -0.15) is 0 Å². The summed E-state index contributed by atoms with van der Waals surface area (Å²) in [5, 5.41) is 37.2. The maximum absolute atomic E-state index is 14.6. The number of ether oxygens (including phenoxy) is 4. The summed E-state index contributed by atoms with van der Waals surface area (Å²) < 4.78 is 30.1. The quantitative estimate of drug-likeness (QED) is 0.0761. The summed E-state index contributed by atoms with van der Waals surface area (Å²) in [5.41, 5.74) is 0.667. The Morgan fingerprint density at radius 2 is 1.67 bits per heavy atom. The van der Waals surface area contributed by atoms with E-state index in [4.69, 9.17) is 28.3 Å². The van der Waals surface area contributed by atoms with Crippen LogP contribution in [-0.2, 0) is 23.8 Å². The molecule has 0 fully saturated rings. The van der Waals surface area contributed by atoms with Crippen LogP contribution in [0.15, 0.2) is 63.6 Å². The summed E-state index contributed by atoms with van der Waals surface area (Å²) in [4.78, 5) is 59.7. The summed E-state index contributed by atoms with van der Waals surface area (Å²) in [7, 11) is 1.44. The summed E-state index contributed by atoms with van der Waals surface area (Å²) >= 11 is 0. The fourth-order valence-electron chi connectivity index (χ4n) is 7.91. The Morgan fingerprint density at radius 3 is 2.34 bits per heavy atom. The maximum atomic E-state index is 14.6. The Balaban J connectivity index is 1.59. The molecule has 0 spiro atoms. The van der Waals surface area contributed by atoms with Crippen molar-refractivity contribution in [1.29, 1.82) is 0 Å². The number of fused-ring (bicyclic) bond motifs is 2. The second-order valence-corrected chi connectivity index (χ2v) is 15.7. The number of esters is 1. The Kier molecular flexibility index (Phi) is 11.6. The molecule has 308 valence electrons. The molecule has 1 amide bonds. The molecule has 2 aliphatic rings.